The van der Waals surface area contributed by atoms with Gasteiger partial charge >= 0.3 is 0 Å². The van der Waals surface area contributed by atoms with Crippen molar-refractivity contribution in [3.05, 3.63) is 11.6 Å². The van der Waals surface area contributed by atoms with Gasteiger partial charge in [-0.2, -0.15) is 9.97 Å². The van der Waals surface area contributed by atoms with E-state index in [0.717, 1.165) is 0 Å². The zero-order valence-corrected chi connectivity index (χ0v) is 12.2. The van der Waals surface area contributed by atoms with E-state index in [4.69, 9.17) is 34.8 Å². The Kier molecular flexibility index (Phi) is 5.22. The molecule has 0 fully saturated rings. The quantitative estimate of drug-likeness (QED) is 0.866. The average molecular weight is 298 g/mol. The lowest BCUT2D eigenvalue weighted by atomic mass is 10.1. The third kappa shape index (κ3) is 4.82. The van der Waals surface area contributed by atoms with Gasteiger partial charge in [0, 0.05) is 13.0 Å². The van der Waals surface area contributed by atoms with Gasteiger partial charge in [-0.3, -0.25) is 0 Å². The summed E-state index contributed by atoms with van der Waals surface area (Å²) in [6.07, 6.45) is 0.717. The first kappa shape index (κ1) is 14.7. The van der Waals surface area contributed by atoms with E-state index in [9.17, 15) is 0 Å². The number of aromatic nitrogens is 3. The van der Waals surface area contributed by atoms with Crippen molar-refractivity contribution in [3.63, 3.8) is 0 Å². The predicted octanol–water partition coefficient (Wildman–Crippen LogP) is 3.33. The normalized spacial score (nSPS) is 11.9. The second kappa shape index (κ2) is 6.03. The number of halogens is 3. The second-order valence-electron chi connectivity index (χ2n) is 4.02. The molecule has 0 saturated heterocycles. The van der Waals surface area contributed by atoms with E-state index in [1.54, 1.807) is 0 Å². The van der Waals surface area contributed by atoms with Crippen LogP contribution in [0.15, 0.2) is 0 Å². The smallest absolute Gasteiger partial charge is 0.250 e. The first-order valence-corrected chi connectivity index (χ1v) is 6.52. The molecule has 0 atom stereocenters. The molecule has 0 bridgehead atoms. The van der Waals surface area contributed by atoms with Crippen molar-refractivity contribution in [1.29, 1.82) is 0 Å². The fraction of sp³-hybridized carbons (Fsp3) is 0.700. The molecule has 1 N–H and O–H groups in total. The molecule has 0 radical (unpaired) electrons. The molecule has 7 heteroatoms. The Morgan fingerprint density at radius 2 is 1.82 bits per heavy atom. The van der Waals surface area contributed by atoms with Crippen molar-refractivity contribution < 1.29 is 0 Å². The van der Waals surface area contributed by atoms with Crippen LogP contribution >= 0.6 is 34.8 Å². The van der Waals surface area contributed by atoms with Gasteiger partial charge < -0.3 is 5.32 Å². The molecule has 96 valence electrons. The Morgan fingerprint density at radius 1 is 1.18 bits per heavy atom. The maximum atomic E-state index is 5.79. The van der Waals surface area contributed by atoms with Crippen molar-refractivity contribution in [2.45, 2.75) is 31.0 Å². The monoisotopic (exact) mass is 296 g/mol. The van der Waals surface area contributed by atoms with Crippen LogP contribution in [0.4, 0.5) is 5.95 Å². The molecule has 1 heterocycles. The van der Waals surface area contributed by atoms with Crippen molar-refractivity contribution in [2.24, 2.45) is 5.92 Å². The van der Waals surface area contributed by atoms with Gasteiger partial charge in [0.1, 0.15) is 5.82 Å². The number of nitrogens with zero attached hydrogens (tertiary/aromatic N) is 3. The van der Waals surface area contributed by atoms with Gasteiger partial charge in [0.15, 0.2) is 5.82 Å². The van der Waals surface area contributed by atoms with Gasteiger partial charge in [-0.25, -0.2) is 4.98 Å². The Hall–Kier alpha value is -0.320. The van der Waals surface area contributed by atoms with Crippen LogP contribution < -0.4 is 5.32 Å². The molecule has 0 aliphatic heterocycles. The Balaban J connectivity index is 3.09. The number of hydrogen-bond acceptors (Lipinski definition) is 4. The molecule has 0 spiro atoms. The van der Waals surface area contributed by atoms with Crippen LogP contribution in [0, 0.1) is 5.92 Å². The van der Waals surface area contributed by atoms with Gasteiger partial charge in [-0.05, 0) is 12.8 Å². The molecule has 0 aliphatic carbocycles. The number of nitrogens with one attached hydrogen (secondary N) is 1. The number of alkyl halides is 3. The SMILES string of the molecule is CCNc1nc(CC(C)C)nc(C(Cl)(Cl)Cl)n1. The van der Waals surface area contributed by atoms with E-state index in [1.165, 1.54) is 0 Å². The lowest BCUT2D eigenvalue weighted by molar-refractivity contribution is 0.614. The molecular weight excluding hydrogens is 282 g/mol. The molecule has 0 aromatic carbocycles. The fourth-order valence-corrected chi connectivity index (χ4v) is 1.49. The molecule has 0 saturated carbocycles. The second-order valence-corrected chi connectivity index (χ2v) is 6.31. The Bertz CT molecular complexity index is 376. The maximum absolute atomic E-state index is 5.79. The molecule has 0 aliphatic rings. The highest BCUT2D eigenvalue weighted by molar-refractivity contribution is 6.66. The summed E-state index contributed by atoms with van der Waals surface area (Å²) >= 11 is 17.4. The molecule has 1 aromatic rings. The zero-order valence-electron chi connectivity index (χ0n) is 9.97. The molecule has 0 amide bonds. The van der Waals surface area contributed by atoms with Gasteiger partial charge in [-0.15, -0.1) is 0 Å². The predicted molar refractivity (Wildman–Crippen MR) is 71.8 cm³/mol. The zero-order chi connectivity index (χ0) is 13.1. The third-order valence-electron chi connectivity index (χ3n) is 1.86. The van der Waals surface area contributed by atoms with Crippen LogP contribution in [-0.4, -0.2) is 21.5 Å². The van der Waals surface area contributed by atoms with Crippen LogP contribution in [0.2, 0.25) is 0 Å². The maximum Gasteiger partial charge on any atom is 0.250 e. The molecule has 17 heavy (non-hydrogen) atoms. The minimum Gasteiger partial charge on any atom is -0.354 e. The van der Waals surface area contributed by atoms with Crippen LogP contribution in [0.1, 0.15) is 32.4 Å². The van der Waals surface area contributed by atoms with Crippen LogP contribution in [0.25, 0.3) is 0 Å². The van der Waals surface area contributed by atoms with Gasteiger partial charge in [0.25, 0.3) is 0 Å². The first-order chi connectivity index (χ1) is 7.82. The lowest BCUT2D eigenvalue weighted by Gasteiger charge is -2.13. The summed E-state index contributed by atoms with van der Waals surface area (Å²) in [6, 6.07) is 0. The lowest BCUT2D eigenvalue weighted by Crippen LogP contribution is -2.15. The van der Waals surface area contributed by atoms with Crippen molar-refractivity contribution in [1.82, 2.24) is 15.0 Å². The summed E-state index contributed by atoms with van der Waals surface area (Å²) < 4.78 is -1.63. The summed E-state index contributed by atoms with van der Waals surface area (Å²) in [7, 11) is 0. The standard InChI is InChI=1S/C10H15Cl3N4/c1-4-14-9-16-7(5-6(2)3)15-8(17-9)10(11,12)13/h6H,4-5H2,1-3H3,(H,14,15,16,17). The van der Waals surface area contributed by atoms with Crippen LogP contribution in [-0.2, 0) is 10.2 Å². The molecular formula is C10H15Cl3N4. The largest absolute Gasteiger partial charge is 0.354 e. The molecule has 0 unspecified atom stereocenters. The summed E-state index contributed by atoms with van der Waals surface area (Å²) in [5, 5.41) is 3.00. The molecule has 1 aromatic heterocycles. The number of anilines is 1. The van der Waals surface area contributed by atoms with Crippen LogP contribution in [0.5, 0.6) is 0 Å². The van der Waals surface area contributed by atoms with Crippen molar-refractivity contribution in [3.8, 4) is 0 Å². The fourth-order valence-electron chi connectivity index (χ4n) is 1.24. The number of hydrogen-bond donors (Lipinski definition) is 1. The summed E-state index contributed by atoms with van der Waals surface area (Å²) in [5.74, 6) is 1.66. The minimum absolute atomic E-state index is 0.157. The Labute approximate surface area is 116 Å². The summed E-state index contributed by atoms with van der Waals surface area (Å²) in [5.41, 5.74) is 0. The van der Waals surface area contributed by atoms with Crippen molar-refractivity contribution in [2.75, 3.05) is 11.9 Å². The molecule has 4 nitrogen and oxygen atoms in total. The highest BCUT2D eigenvalue weighted by Crippen LogP contribution is 2.36. The highest BCUT2D eigenvalue weighted by Gasteiger charge is 2.28. The minimum atomic E-state index is -1.63. The highest BCUT2D eigenvalue weighted by atomic mass is 35.6. The van der Waals surface area contributed by atoms with Crippen molar-refractivity contribution >= 4 is 40.8 Å². The van der Waals surface area contributed by atoms with Gasteiger partial charge in [0.05, 0.1) is 0 Å². The molecule has 1 rings (SSSR count). The Morgan fingerprint density at radius 3 is 2.29 bits per heavy atom. The third-order valence-corrected chi connectivity index (χ3v) is 2.37. The van der Waals surface area contributed by atoms with Crippen LogP contribution in [0.3, 0.4) is 0 Å². The van der Waals surface area contributed by atoms with E-state index < -0.39 is 3.79 Å². The average Bonchev–Trinajstić information content (AvgIpc) is 2.15. The topological polar surface area (TPSA) is 50.7 Å². The summed E-state index contributed by atoms with van der Waals surface area (Å²) in [6.45, 7) is 6.79. The van der Waals surface area contributed by atoms with E-state index in [1.807, 2.05) is 6.92 Å². The van der Waals surface area contributed by atoms with Gasteiger partial charge in [-0.1, -0.05) is 48.7 Å². The number of rotatable bonds is 4. The first-order valence-electron chi connectivity index (χ1n) is 5.39. The summed E-state index contributed by atoms with van der Waals surface area (Å²) in [4.78, 5) is 12.5. The van der Waals surface area contributed by atoms with E-state index >= 15 is 0 Å². The van der Waals surface area contributed by atoms with E-state index in [0.29, 0.717) is 30.7 Å². The van der Waals surface area contributed by atoms with E-state index in [-0.39, 0.29) is 5.82 Å². The van der Waals surface area contributed by atoms with Gasteiger partial charge in [0.2, 0.25) is 9.74 Å². The van der Waals surface area contributed by atoms with E-state index in [2.05, 4.69) is 34.1 Å².